The highest BCUT2D eigenvalue weighted by molar-refractivity contribution is 5.93. The zero-order valence-electron chi connectivity index (χ0n) is 12.5. The first kappa shape index (κ1) is 14.9. The number of anilines is 1. The zero-order valence-corrected chi connectivity index (χ0v) is 12.5. The molecule has 0 unspecified atom stereocenters. The molecule has 108 valence electrons. The number of nitrogens with one attached hydrogen (secondary N) is 1. The van der Waals surface area contributed by atoms with E-state index in [2.05, 4.69) is 5.32 Å². The van der Waals surface area contributed by atoms with Crippen LogP contribution in [-0.2, 0) is 11.3 Å². The summed E-state index contributed by atoms with van der Waals surface area (Å²) in [7, 11) is 0. The largest absolute Gasteiger partial charge is 0.320 e. The second-order valence-corrected chi connectivity index (χ2v) is 5.12. The fourth-order valence-corrected chi connectivity index (χ4v) is 2.07. The van der Waals surface area contributed by atoms with Gasteiger partial charge in [0.1, 0.15) is 0 Å². The maximum absolute atomic E-state index is 12.1. The maximum Gasteiger partial charge on any atom is 0.290 e. The Labute approximate surface area is 124 Å². The minimum absolute atomic E-state index is 0.0145. The summed E-state index contributed by atoms with van der Waals surface area (Å²) >= 11 is 0. The number of carbonyl (C=O) groups excluding carboxylic acids is 2. The Morgan fingerprint density at radius 3 is 2.62 bits per heavy atom. The molecule has 0 atom stereocenters. The quantitative estimate of drug-likeness (QED) is 0.692. The van der Waals surface area contributed by atoms with Gasteiger partial charge in [-0.3, -0.25) is 9.59 Å². The second kappa shape index (κ2) is 6.31. The normalized spacial score (nSPS) is 10.2. The Bertz CT molecular complexity index is 693. The molecule has 0 saturated carbocycles. The Morgan fingerprint density at radius 2 is 1.90 bits per heavy atom. The van der Waals surface area contributed by atoms with Gasteiger partial charge in [-0.2, -0.15) is 4.57 Å². The number of pyridine rings is 1. The summed E-state index contributed by atoms with van der Waals surface area (Å²) in [6, 6.07) is 9.32. The Kier molecular flexibility index (Phi) is 4.48. The van der Waals surface area contributed by atoms with Crippen LogP contribution in [0.4, 0.5) is 5.69 Å². The van der Waals surface area contributed by atoms with Gasteiger partial charge in [0.25, 0.3) is 5.91 Å². The maximum atomic E-state index is 12.1. The van der Waals surface area contributed by atoms with Crippen molar-refractivity contribution in [1.82, 2.24) is 0 Å². The molecule has 1 N–H and O–H groups in total. The highest BCUT2D eigenvalue weighted by Crippen LogP contribution is 2.17. The van der Waals surface area contributed by atoms with Crippen LogP contribution < -0.4 is 9.88 Å². The Hall–Kier alpha value is -2.49. The minimum atomic E-state index is -0.116. The third-order valence-electron chi connectivity index (χ3n) is 3.47. The number of amides is 1. The molecule has 0 radical (unpaired) electrons. The van der Waals surface area contributed by atoms with Gasteiger partial charge in [-0.15, -0.1) is 0 Å². The summed E-state index contributed by atoms with van der Waals surface area (Å²) in [5.41, 5.74) is 3.62. The van der Waals surface area contributed by atoms with E-state index in [1.165, 1.54) is 6.92 Å². The van der Waals surface area contributed by atoms with Crippen molar-refractivity contribution in [1.29, 1.82) is 0 Å². The molecule has 0 aliphatic rings. The van der Waals surface area contributed by atoms with Crippen LogP contribution in [0.3, 0.4) is 0 Å². The molecule has 4 heteroatoms. The van der Waals surface area contributed by atoms with E-state index >= 15 is 0 Å². The molecule has 1 heterocycles. The van der Waals surface area contributed by atoms with Gasteiger partial charge in [-0.05, 0) is 44.0 Å². The number of hydrogen-bond acceptors (Lipinski definition) is 2. The number of benzene rings is 1. The molecule has 0 aliphatic carbocycles. The minimum Gasteiger partial charge on any atom is -0.320 e. The number of aromatic nitrogens is 1. The molecule has 4 nitrogen and oxygen atoms in total. The van der Waals surface area contributed by atoms with Crippen molar-refractivity contribution in [2.24, 2.45) is 0 Å². The number of carbonyl (C=O) groups is 2. The zero-order chi connectivity index (χ0) is 15.4. The first-order valence-corrected chi connectivity index (χ1v) is 6.83. The molecule has 1 aromatic heterocycles. The van der Waals surface area contributed by atoms with Gasteiger partial charge < -0.3 is 5.32 Å². The summed E-state index contributed by atoms with van der Waals surface area (Å²) in [6.07, 6.45) is 3.46. The highest BCUT2D eigenvalue weighted by atomic mass is 16.2. The molecule has 21 heavy (non-hydrogen) atoms. The van der Waals surface area contributed by atoms with Gasteiger partial charge in [-0.25, -0.2) is 0 Å². The lowest BCUT2D eigenvalue weighted by Crippen LogP contribution is -2.40. The van der Waals surface area contributed by atoms with Crippen molar-refractivity contribution in [3.8, 4) is 0 Å². The molecule has 1 aromatic carbocycles. The van der Waals surface area contributed by atoms with Crippen LogP contribution in [0, 0.1) is 13.8 Å². The lowest BCUT2D eigenvalue weighted by Gasteiger charge is -2.09. The number of aryl methyl sites for hydroxylation is 1. The third-order valence-corrected chi connectivity index (χ3v) is 3.47. The smallest absolute Gasteiger partial charge is 0.290 e. The fraction of sp³-hybridized carbons (Fsp3) is 0.235. The van der Waals surface area contributed by atoms with Crippen molar-refractivity contribution in [3.63, 3.8) is 0 Å². The van der Waals surface area contributed by atoms with Crippen LogP contribution in [0.15, 0.2) is 42.7 Å². The second-order valence-electron chi connectivity index (χ2n) is 5.12. The topological polar surface area (TPSA) is 50.0 Å². The van der Waals surface area contributed by atoms with Gasteiger partial charge in [-0.1, -0.05) is 12.1 Å². The van der Waals surface area contributed by atoms with E-state index in [9.17, 15) is 9.59 Å². The van der Waals surface area contributed by atoms with Crippen LogP contribution in [-0.4, -0.2) is 11.7 Å². The fourth-order valence-electron chi connectivity index (χ4n) is 2.07. The first-order chi connectivity index (χ1) is 9.97. The molecule has 0 bridgehead atoms. The molecular weight excluding hydrogens is 264 g/mol. The van der Waals surface area contributed by atoms with Crippen LogP contribution in [0.2, 0.25) is 0 Å². The van der Waals surface area contributed by atoms with Crippen LogP contribution in [0.1, 0.15) is 28.4 Å². The summed E-state index contributed by atoms with van der Waals surface area (Å²) < 4.78 is 1.71. The summed E-state index contributed by atoms with van der Waals surface area (Å²) in [6.45, 7) is 5.68. The van der Waals surface area contributed by atoms with E-state index in [4.69, 9.17) is 0 Å². The van der Waals surface area contributed by atoms with E-state index in [1.54, 1.807) is 29.1 Å². The average Bonchev–Trinajstić information content (AvgIpc) is 2.44. The molecular formula is C17H19N2O2+. The number of hydrogen-bond donors (Lipinski definition) is 1. The van der Waals surface area contributed by atoms with Crippen molar-refractivity contribution < 1.29 is 14.2 Å². The van der Waals surface area contributed by atoms with Gasteiger partial charge in [0.2, 0.25) is 6.54 Å². The number of Topliss-reactive ketones (excluding diaryl/α,β-unsaturated/α-hetero) is 1. The molecule has 1 amide bonds. The molecule has 2 aromatic rings. The van der Waals surface area contributed by atoms with E-state index in [0.717, 1.165) is 16.8 Å². The lowest BCUT2D eigenvalue weighted by atomic mass is 10.1. The van der Waals surface area contributed by atoms with E-state index in [1.807, 2.05) is 32.0 Å². The molecule has 2 rings (SSSR count). The van der Waals surface area contributed by atoms with Gasteiger partial charge in [0.15, 0.2) is 18.2 Å². The van der Waals surface area contributed by atoms with Gasteiger partial charge in [0, 0.05) is 11.8 Å². The van der Waals surface area contributed by atoms with Crippen molar-refractivity contribution in [2.75, 3.05) is 5.32 Å². The third kappa shape index (κ3) is 3.75. The Morgan fingerprint density at radius 1 is 1.14 bits per heavy atom. The summed E-state index contributed by atoms with van der Waals surface area (Å²) in [5.74, 6) is -0.131. The number of rotatable bonds is 4. The average molecular weight is 283 g/mol. The number of nitrogens with zero attached hydrogens (tertiary/aromatic N) is 1. The monoisotopic (exact) mass is 283 g/mol. The lowest BCUT2D eigenvalue weighted by molar-refractivity contribution is -0.684. The van der Waals surface area contributed by atoms with E-state index in [-0.39, 0.29) is 18.2 Å². The molecule has 0 spiro atoms. The molecule has 0 aliphatic heterocycles. The van der Waals surface area contributed by atoms with Gasteiger partial charge >= 0.3 is 0 Å². The standard InChI is InChI=1S/C17H18N2O2/c1-12-6-4-8-16(13(12)2)18-17(21)11-19-9-5-7-15(10-19)14(3)20/h4-10H,11H2,1-3H3/p+1. The SMILES string of the molecule is CC(=O)c1ccc[n+](CC(=O)Nc2cccc(C)c2C)c1. The van der Waals surface area contributed by atoms with E-state index < -0.39 is 0 Å². The van der Waals surface area contributed by atoms with Crippen molar-refractivity contribution >= 4 is 17.4 Å². The molecule has 0 fully saturated rings. The van der Waals surface area contributed by atoms with Crippen LogP contribution in [0.5, 0.6) is 0 Å². The van der Waals surface area contributed by atoms with Gasteiger partial charge in [0.05, 0.1) is 5.56 Å². The van der Waals surface area contributed by atoms with Crippen molar-refractivity contribution in [2.45, 2.75) is 27.3 Å². The summed E-state index contributed by atoms with van der Waals surface area (Å²) in [4.78, 5) is 23.5. The first-order valence-electron chi connectivity index (χ1n) is 6.83. The number of ketones is 1. The van der Waals surface area contributed by atoms with Crippen LogP contribution in [0.25, 0.3) is 0 Å². The predicted octanol–water partition coefficient (Wildman–Crippen LogP) is 2.43. The van der Waals surface area contributed by atoms with Crippen molar-refractivity contribution in [3.05, 3.63) is 59.4 Å². The molecule has 0 saturated heterocycles. The summed E-state index contributed by atoms with van der Waals surface area (Å²) in [5, 5.41) is 2.90. The van der Waals surface area contributed by atoms with Crippen LogP contribution >= 0.6 is 0 Å². The van der Waals surface area contributed by atoms with E-state index in [0.29, 0.717) is 5.56 Å². The Balaban J connectivity index is 2.10. The highest BCUT2D eigenvalue weighted by Gasteiger charge is 2.13. The predicted molar refractivity (Wildman–Crippen MR) is 81.2 cm³/mol.